The third kappa shape index (κ3) is 2.25. The first-order valence-corrected chi connectivity index (χ1v) is 5.61. The summed E-state index contributed by atoms with van der Waals surface area (Å²) in [6, 6.07) is 0. The first-order chi connectivity index (χ1) is 8.54. The van der Waals surface area contributed by atoms with Gasteiger partial charge in [0.25, 0.3) is 0 Å². The fraction of sp³-hybridized carbons (Fsp3) is 0.545. The van der Waals surface area contributed by atoms with Crippen molar-refractivity contribution in [2.24, 2.45) is 5.73 Å². The molecule has 0 saturated carbocycles. The van der Waals surface area contributed by atoms with Gasteiger partial charge in [-0.3, -0.25) is 4.79 Å². The molecule has 0 aromatic carbocycles. The molecule has 1 fully saturated rings. The maximum absolute atomic E-state index is 11.1. The van der Waals surface area contributed by atoms with E-state index in [0.29, 0.717) is 12.0 Å². The van der Waals surface area contributed by atoms with E-state index in [1.165, 1.54) is 11.1 Å². The number of allylic oxidation sites excluding steroid dienone is 1. The molecule has 0 unspecified atom stereocenters. The van der Waals surface area contributed by atoms with Crippen LogP contribution in [0.4, 0.5) is 0 Å². The fourth-order valence-electron chi connectivity index (χ4n) is 2.03. The van der Waals surface area contributed by atoms with Crippen molar-refractivity contribution < 1.29 is 24.9 Å². The zero-order valence-corrected chi connectivity index (χ0v) is 9.64. The molecule has 5 N–H and O–H groups in total. The largest absolute Gasteiger partial charge is 0.394 e. The van der Waals surface area contributed by atoms with Crippen molar-refractivity contribution in [3.05, 3.63) is 24.0 Å². The number of nitrogens with zero attached hydrogens (tertiary/aromatic N) is 1. The molecular weight excluding hydrogens is 240 g/mol. The number of aliphatic hydroxyl groups is 3. The van der Waals surface area contributed by atoms with Gasteiger partial charge in [-0.05, 0) is 6.42 Å². The molecular formula is C11H16N2O5. The Morgan fingerprint density at radius 3 is 2.78 bits per heavy atom. The normalized spacial score (nSPS) is 35.7. The zero-order valence-electron chi connectivity index (χ0n) is 9.64. The van der Waals surface area contributed by atoms with E-state index in [9.17, 15) is 15.0 Å². The molecule has 1 amide bonds. The van der Waals surface area contributed by atoms with E-state index < -0.39 is 37.1 Å². The molecule has 0 radical (unpaired) electrons. The molecule has 2 aliphatic rings. The van der Waals surface area contributed by atoms with E-state index in [1.54, 1.807) is 12.3 Å². The van der Waals surface area contributed by atoms with Gasteiger partial charge < -0.3 is 30.7 Å². The Labute approximate surface area is 104 Å². The van der Waals surface area contributed by atoms with Crippen LogP contribution in [0.1, 0.15) is 6.42 Å². The minimum Gasteiger partial charge on any atom is -0.394 e. The van der Waals surface area contributed by atoms with E-state index in [1.807, 2.05) is 0 Å². The standard InChI is InChI=1S/C11H16N2O5/c12-10(17)6-2-1-3-13(4-6)11-9(16)8(15)7(5-14)18-11/h1,3-4,7-9,11,14-16H,2,5H2,(H2,12,17)/t7-,8-,9-,11-/m1/s1. The van der Waals surface area contributed by atoms with Crippen LogP contribution < -0.4 is 5.73 Å². The van der Waals surface area contributed by atoms with Gasteiger partial charge in [0.1, 0.15) is 18.3 Å². The van der Waals surface area contributed by atoms with Gasteiger partial charge in [-0.1, -0.05) is 6.08 Å². The molecule has 18 heavy (non-hydrogen) atoms. The number of hydrogen-bond acceptors (Lipinski definition) is 6. The second-order valence-corrected chi connectivity index (χ2v) is 4.28. The van der Waals surface area contributed by atoms with Crippen LogP contribution in [0.5, 0.6) is 0 Å². The highest BCUT2D eigenvalue weighted by Crippen LogP contribution is 2.26. The van der Waals surface area contributed by atoms with Gasteiger partial charge in [0.15, 0.2) is 6.23 Å². The fourth-order valence-corrected chi connectivity index (χ4v) is 2.03. The summed E-state index contributed by atoms with van der Waals surface area (Å²) in [6.45, 7) is -0.390. The van der Waals surface area contributed by atoms with Gasteiger partial charge in [-0.15, -0.1) is 0 Å². The van der Waals surface area contributed by atoms with E-state index in [2.05, 4.69) is 0 Å². The van der Waals surface area contributed by atoms with E-state index >= 15 is 0 Å². The first kappa shape index (κ1) is 13.0. The van der Waals surface area contributed by atoms with Crippen LogP contribution in [-0.4, -0.2) is 57.3 Å². The Hall–Kier alpha value is -1.41. The SMILES string of the molecule is NC(=O)C1=CN([C@@H]2O[C@H](CO)[C@@H](O)[C@H]2O)C=CC1. The molecule has 0 aliphatic carbocycles. The molecule has 0 aromatic heterocycles. The average Bonchev–Trinajstić information content (AvgIpc) is 2.66. The van der Waals surface area contributed by atoms with Gasteiger partial charge in [0, 0.05) is 18.0 Å². The summed E-state index contributed by atoms with van der Waals surface area (Å²) >= 11 is 0. The maximum Gasteiger partial charge on any atom is 0.246 e. The Balaban J connectivity index is 2.15. The quantitative estimate of drug-likeness (QED) is 0.465. The monoisotopic (exact) mass is 256 g/mol. The van der Waals surface area contributed by atoms with Crippen molar-refractivity contribution in [3.63, 3.8) is 0 Å². The highest BCUT2D eigenvalue weighted by atomic mass is 16.6. The molecule has 0 spiro atoms. The topological polar surface area (TPSA) is 116 Å². The van der Waals surface area contributed by atoms with Gasteiger partial charge in [0.05, 0.1) is 6.61 Å². The van der Waals surface area contributed by atoms with Crippen molar-refractivity contribution in [1.29, 1.82) is 0 Å². The highest BCUT2D eigenvalue weighted by Gasteiger charge is 2.44. The smallest absolute Gasteiger partial charge is 0.246 e. The number of amides is 1. The average molecular weight is 256 g/mol. The predicted octanol–water partition coefficient (Wildman–Crippen LogP) is -1.99. The Morgan fingerprint density at radius 2 is 2.22 bits per heavy atom. The molecule has 2 rings (SSSR count). The van der Waals surface area contributed by atoms with Crippen molar-refractivity contribution in [1.82, 2.24) is 4.90 Å². The minimum atomic E-state index is -1.17. The van der Waals surface area contributed by atoms with Crippen LogP contribution in [0, 0.1) is 0 Å². The molecule has 4 atom stereocenters. The molecule has 100 valence electrons. The molecule has 2 heterocycles. The second kappa shape index (κ2) is 5.07. The van der Waals surface area contributed by atoms with Gasteiger partial charge >= 0.3 is 0 Å². The van der Waals surface area contributed by atoms with Gasteiger partial charge in [-0.2, -0.15) is 0 Å². The summed E-state index contributed by atoms with van der Waals surface area (Å²) in [5.41, 5.74) is 5.57. The van der Waals surface area contributed by atoms with E-state index in [-0.39, 0.29) is 0 Å². The van der Waals surface area contributed by atoms with Crippen LogP contribution in [0.2, 0.25) is 0 Å². The molecule has 0 aromatic rings. The number of primary amides is 1. The van der Waals surface area contributed by atoms with Crippen molar-refractivity contribution in [2.75, 3.05) is 6.61 Å². The highest BCUT2D eigenvalue weighted by molar-refractivity contribution is 5.92. The molecule has 0 bridgehead atoms. The van der Waals surface area contributed by atoms with Crippen LogP contribution >= 0.6 is 0 Å². The molecule has 2 aliphatic heterocycles. The lowest BCUT2D eigenvalue weighted by Gasteiger charge is -2.28. The Morgan fingerprint density at radius 1 is 1.50 bits per heavy atom. The van der Waals surface area contributed by atoms with Gasteiger partial charge in [0.2, 0.25) is 5.91 Å². The molecule has 7 nitrogen and oxygen atoms in total. The van der Waals surface area contributed by atoms with Crippen LogP contribution in [0.3, 0.4) is 0 Å². The molecule has 1 saturated heterocycles. The lowest BCUT2D eigenvalue weighted by molar-refractivity contribution is -0.114. The number of hydrogen-bond donors (Lipinski definition) is 4. The number of rotatable bonds is 3. The summed E-state index contributed by atoms with van der Waals surface area (Å²) in [6.07, 6.45) is 1.20. The number of ether oxygens (including phenoxy) is 1. The number of aliphatic hydroxyl groups excluding tert-OH is 3. The number of carbonyl (C=O) groups is 1. The molecule has 7 heteroatoms. The van der Waals surface area contributed by atoms with Crippen LogP contribution in [-0.2, 0) is 9.53 Å². The summed E-state index contributed by atoms with van der Waals surface area (Å²) in [5, 5.41) is 28.5. The minimum absolute atomic E-state index is 0.384. The lowest BCUT2D eigenvalue weighted by atomic mass is 10.1. The Kier molecular flexibility index (Phi) is 3.67. The van der Waals surface area contributed by atoms with Crippen molar-refractivity contribution >= 4 is 5.91 Å². The van der Waals surface area contributed by atoms with Crippen molar-refractivity contribution in [2.45, 2.75) is 31.0 Å². The van der Waals surface area contributed by atoms with Crippen LogP contribution in [0.15, 0.2) is 24.0 Å². The summed E-state index contributed by atoms with van der Waals surface area (Å²) in [7, 11) is 0. The third-order valence-corrected chi connectivity index (χ3v) is 3.05. The third-order valence-electron chi connectivity index (χ3n) is 3.05. The van der Waals surface area contributed by atoms with E-state index in [4.69, 9.17) is 15.6 Å². The maximum atomic E-state index is 11.1. The lowest BCUT2D eigenvalue weighted by Crippen LogP contribution is -2.40. The van der Waals surface area contributed by atoms with Gasteiger partial charge in [-0.25, -0.2) is 0 Å². The Bertz CT molecular complexity index is 395. The predicted molar refractivity (Wildman–Crippen MR) is 60.6 cm³/mol. The van der Waals surface area contributed by atoms with Crippen molar-refractivity contribution in [3.8, 4) is 0 Å². The summed E-state index contributed by atoms with van der Waals surface area (Å²) in [4.78, 5) is 12.5. The second-order valence-electron chi connectivity index (χ2n) is 4.28. The van der Waals surface area contributed by atoms with Crippen LogP contribution in [0.25, 0.3) is 0 Å². The van der Waals surface area contributed by atoms with E-state index in [0.717, 1.165) is 0 Å². The zero-order chi connectivity index (χ0) is 13.3. The number of nitrogens with two attached hydrogens (primary N) is 1. The summed E-state index contributed by atoms with van der Waals surface area (Å²) in [5.74, 6) is -0.545. The first-order valence-electron chi connectivity index (χ1n) is 5.61. The number of carbonyl (C=O) groups excluding carboxylic acids is 1. The summed E-state index contributed by atoms with van der Waals surface area (Å²) < 4.78 is 5.33.